The molecule has 1 aromatic rings. The number of aliphatic hydroxyl groups is 1. The second-order valence-electron chi connectivity index (χ2n) is 3.91. The van der Waals surface area contributed by atoms with E-state index in [9.17, 15) is 5.11 Å². The molecule has 13 heavy (non-hydrogen) atoms. The van der Waals surface area contributed by atoms with E-state index in [0.29, 0.717) is 0 Å². The third kappa shape index (κ3) is 1.60. The van der Waals surface area contributed by atoms with Crippen LogP contribution in [0.15, 0.2) is 42.1 Å². The first-order valence-electron chi connectivity index (χ1n) is 4.64. The summed E-state index contributed by atoms with van der Waals surface area (Å²) in [5.41, 5.74) is 2.24. The molecule has 1 aliphatic rings. The van der Waals surface area contributed by atoms with Crippen molar-refractivity contribution in [2.75, 3.05) is 0 Å². The lowest BCUT2D eigenvalue weighted by atomic mass is 10.4. The number of rotatable bonds is 1. The van der Waals surface area contributed by atoms with Gasteiger partial charge in [-0.25, -0.2) is 0 Å². The highest BCUT2D eigenvalue weighted by molar-refractivity contribution is 6.95. The Bertz CT molecular complexity index is 320. The van der Waals surface area contributed by atoms with Crippen LogP contribution in [0.25, 0.3) is 0 Å². The third-order valence-corrected chi connectivity index (χ3v) is 6.60. The standard InChI is InChI=1S/C11H14OSi/c1-13(8-7-10(12)9-13)11-5-3-2-4-6-11/h2-8,10,12H,9H2,1H3. The number of benzene rings is 1. The molecule has 1 aliphatic heterocycles. The van der Waals surface area contributed by atoms with Crippen molar-refractivity contribution in [2.45, 2.75) is 18.7 Å². The van der Waals surface area contributed by atoms with Gasteiger partial charge in [0.05, 0.1) is 6.10 Å². The van der Waals surface area contributed by atoms with Crippen molar-refractivity contribution in [3.8, 4) is 0 Å². The van der Waals surface area contributed by atoms with E-state index >= 15 is 0 Å². The zero-order chi connectivity index (χ0) is 9.31. The molecule has 1 heterocycles. The van der Waals surface area contributed by atoms with Gasteiger partial charge in [0.25, 0.3) is 0 Å². The van der Waals surface area contributed by atoms with Crippen molar-refractivity contribution in [2.24, 2.45) is 0 Å². The smallest absolute Gasteiger partial charge is 0.109 e. The van der Waals surface area contributed by atoms with Crippen LogP contribution in [0, 0.1) is 0 Å². The summed E-state index contributed by atoms with van der Waals surface area (Å²) in [6.07, 6.45) is 1.73. The lowest BCUT2D eigenvalue weighted by molar-refractivity contribution is 0.246. The average molecular weight is 190 g/mol. The van der Waals surface area contributed by atoms with Gasteiger partial charge in [-0.2, -0.15) is 0 Å². The summed E-state index contributed by atoms with van der Waals surface area (Å²) in [7, 11) is -1.46. The van der Waals surface area contributed by atoms with Gasteiger partial charge in [0, 0.05) is 0 Å². The maximum atomic E-state index is 9.47. The van der Waals surface area contributed by atoms with Crippen molar-refractivity contribution in [3.05, 3.63) is 42.1 Å². The molecule has 2 heteroatoms. The highest BCUT2D eigenvalue weighted by atomic mass is 28.3. The molecular formula is C11H14OSi. The van der Waals surface area contributed by atoms with Crippen LogP contribution in [0.1, 0.15) is 0 Å². The van der Waals surface area contributed by atoms with E-state index in [1.165, 1.54) is 5.19 Å². The maximum absolute atomic E-state index is 9.47. The Morgan fingerprint density at radius 2 is 2.00 bits per heavy atom. The second kappa shape index (κ2) is 3.12. The minimum atomic E-state index is -1.46. The number of aliphatic hydroxyl groups excluding tert-OH is 1. The number of hydrogen-bond acceptors (Lipinski definition) is 1. The summed E-state index contributed by atoms with van der Waals surface area (Å²) in [6.45, 7) is 2.30. The molecule has 0 amide bonds. The maximum Gasteiger partial charge on any atom is 0.109 e. The van der Waals surface area contributed by atoms with Gasteiger partial charge in [0.15, 0.2) is 0 Å². The van der Waals surface area contributed by atoms with E-state index in [0.717, 1.165) is 6.04 Å². The van der Waals surface area contributed by atoms with E-state index < -0.39 is 8.07 Å². The molecule has 0 aliphatic carbocycles. The van der Waals surface area contributed by atoms with Crippen LogP contribution in [0.2, 0.25) is 12.6 Å². The van der Waals surface area contributed by atoms with Crippen molar-refractivity contribution >= 4 is 13.3 Å². The lowest BCUT2D eigenvalue weighted by Gasteiger charge is -2.20. The molecule has 2 atom stereocenters. The topological polar surface area (TPSA) is 20.2 Å². The van der Waals surface area contributed by atoms with E-state index in [2.05, 4.69) is 36.5 Å². The number of hydrogen-bond donors (Lipinski definition) is 1. The van der Waals surface area contributed by atoms with E-state index in [1.807, 2.05) is 12.1 Å². The van der Waals surface area contributed by atoms with Gasteiger partial charge in [-0.3, -0.25) is 0 Å². The third-order valence-electron chi connectivity index (χ3n) is 2.75. The molecule has 0 radical (unpaired) electrons. The molecule has 0 spiro atoms. The molecule has 0 bridgehead atoms. The van der Waals surface area contributed by atoms with Crippen molar-refractivity contribution in [1.29, 1.82) is 0 Å². The average Bonchev–Trinajstić information content (AvgIpc) is 2.49. The first-order valence-corrected chi connectivity index (χ1v) is 7.42. The van der Waals surface area contributed by atoms with Gasteiger partial charge in [-0.1, -0.05) is 53.8 Å². The minimum absolute atomic E-state index is 0.211. The van der Waals surface area contributed by atoms with Crippen LogP contribution in [0.4, 0.5) is 0 Å². The normalized spacial score (nSPS) is 32.3. The quantitative estimate of drug-likeness (QED) is 0.664. The lowest BCUT2D eigenvalue weighted by Crippen LogP contribution is -2.42. The van der Waals surface area contributed by atoms with Crippen molar-refractivity contribution < 1.29 is 5.11 Å². The van der Waals surface area contributed by atoms with Crippen molar-refractivity contribution in [1.82, 2.24) is 0 Å². The van der Waals surface area contributed by atoms with Gasteiger partial charge in [-0.15, -0.1) is 0 Å². The fourth-order valence-corrected chi connectivity index (χ4v) is 5.10. The molecule has 0 saturated heterocycles. The predicted molar refractivity (Wildman–Crippen MR) is 57.6 cm³/mol. The Morgan fingerprint density at radius 3 is 2.54 bits per heavy atom. The molecule has 0 saturated carbocycles. The second-order valence-corrected chi connectivity index (χ2v) is 8.07. The Kier molecular flexibility index (Phi) is 2.10. The highest BCUT2D eigenvalue weighted by Crippen LogP contribution is 2.21. The Labute approximate surface area is 79.7 Å². The zero-order valence-corrected chi connectivity index (χ0v) is 8.77. The Morgan fingerprint density at radius 1 is 1.31 bits per heavy atom. The summed E-state index contributed by atoms with van der Waals surface area (Å²) in [5, 5.41) is 10.9. The van der Waals surface area contributed by atoms with Gasteiger partial charge >= 0.3 is 0 Å². The van der Waals surface area contributed by atoms with E-state index in [-0.39, 0.29) is 6.10 Å². The molecule has 0 fully saturated rings. The Balaban J connectivity index is 2.32. The molecule has 2 rings (SSSR count). The van der Waals surface area contributed by atoms with Crippen LogP contribution < -0.4 is 5.19 Å². The zero-order valence-electron chi connectivity index (χ0n) is 7.77. The van der Waals surface area contributed by atoms with Crippen LogP contribution in [0.3, 0.4) is 0 Å². The molecule has 2 unspecified atom stereocenters. The fourth-order valence-electron chi connectivity index (χ4n) is 1.93. The van der Waals surface area contributed by atoms with E-state index in [1.54, 1.807) is 0 Å². The molecule has 68 valence electrons. The molecular weight excluding hydrogens is 176 g/mol. The van der Waals surface area contributed by atoms with Crippen LogP contribution in [-0.2, 0) is 0 Å². The van der Waals surface area contributed by atoms with Crippen LogP contribution >= 0.6 is 0 Å². The van der Waals surface area contributed by atoms with Gasteiger partial charge in [0.2, 0.25) is 0 Å². The SMILES string of the molecule is C[Si]1(c2ccccc2)C=CC(O)C1. The van der Waals surface area contributed by atoms with Gasteiger partial charge in [0.1, 0.15) is 8.07 Å². The first-order chi connectivity index (χ1) is 6.21. The molecule has 1 N–H and O–H groups in total. The monoisotopic (exact) mass is 190 g/mol. The summed E-state index contributed by atoms with van der Waals surface area (Å²) in [4.78, 5) is 0. The molecule has 1 aromatic carbocycles. The summed E-state index contributed by atoms with van der Waals surface area (Å²) in [6, 6.07) is 11.5. The van der Waals surface area contributed by atoms with Crippen LogP contribution in [0.5, 0.6) is 0 Å². The van der Waals surface area contributed by atoms with Gasteiger partial charge < -0.3 is 5.11 Å². The first kappa shape index (κ1) is 8.72. The molecule has 1 nitrogen and oxygen atoms in total. The predicted octanol–water partition coefficient (Wildman–Crippen LogP) is 1.44. The van der Waals surface area contributed by atoms with Crippen molar-refractivity contribution in [3.63, 3.8) is 0 Å². The van der Waals surface area contributed by atoms with E-state index in [4.69, 9.17) is 0 Å². The summed E-state index contributed by atoms with van der Waals surface area (Å²) in [5.74, 6) is 0. The fraction of sp³-hybridized carbons (Fsp3) is 0.273. The van der Waals surface area contributed by atoms with Gasteiger partial charge in [-0.05, 0) is 6.04 Å². The summed E-state index contributed by atoms with van der Waals surface area (Å²) < 4.78 is 0. The Hall–Kier alpha value is -0.863. The van der Waals surface area contributed by atoms with Crippen LogP contribution in [-0.4, -0.2) is 19.3 Å². The largest absolute Gasteiger partial charge is 0.389 e. The summed E-state index contributed by atoms with van der Waals surface area (Å²) >= 11 is 0. The highest BCUT2D eigenvalue weighted by Gasteiger charge is 2.32. The molecule has 0 aromatic heterocycles. The minimum Gasteiger partial charge on any atom is -0.389 e.